The molecule has 1 N–H and O–H groups in total. The Morgan fingerprint density at radius 1 is 1.13 bits per heavy atom. The molecule has 0 saturated carbocycles. The van der Waals surface area contributed by atoms with Crippen molar-refractivity contribution in [3.63, 3.8) is 0 Å². The van der Waals surface area contributed by atoms with Crippen LogP contribution in [0.3, 0.4) is 0 Å². The van der Waals surface area contributed by atoms with Gasteiger partial charge in [0.25, 0.3) is 0 Å². The van der Waals surface area contributed by atoms with Gasteiger partial charge in [0.2, 0.25) is 0 Å². The second-order valence-corrected chi connectivity index (χ2v) is 8.10. The first-order valence-electron chi connectivity index (χ1n) is 8.81. The lowest BCUT2D eigenvalue weighted by Crippen LogP contribution is -2.44. The van der Waals surface area contributed by atoms with E-state index >= 15 is 0 Å². The molecule has 0 aromatic heterocycles. The first kappa shape index (κ1) is 15.0. The van der Waals surface area contributed by atoms with Crippen molar-refractivity contribution >= 4 is 0 Å². The molecule has 0 bridgehead atoms. The van der Waals surface area contributed by atoms with Crippen molar-refractivity contribution in [3.8, 4) is 5.75 Å². The number of hydrogen-bond acceptors (Lipinski definition) is 2. The summed E-state index contributed by atoms with van der Waals surface area (Å²) in [5.74, 6) is 2.63. The van der Waals surface area contributed by atoms with E-state index in [4.69, 9.17) is 4.74 Å². The second-order valence-electron chi connectivity index (χ2n) is 8.10. The molecule has 1 heterocycles. The summed E-state index contributed by atoms with van der Waals surface area (Å²) in [6.45, 7) is 10.9. The van der Waals surface area contributed by atoms with Gasteiger partial charge in [-0.1, -0.05) is 44.2 Å². The van der Waals surface area contributed by atoms with Crippen molar-refractivity contribution in [3.05, 3.63) is 53.1 Å². The molecule has 0 radical (unpaired) electrons. The van der Waals surface area contributed by atoms with E-state index in [1.807, 2.05) is 0 Å². The van der Waals surface area contributed by atoms with Gasteiger partial charge in [-0.2, -0.15) is 0 Å². The Balaban J connectivity index is 1.74. The van der Waals surface area contributed by atoms with Crippen LogP contribution in [0.15, 0.2) is 36.4 Å². The summed E-state index contributed by atoms with van der Waals surface area (Å²) in [6, 6.07) is 4.94. The molecule has 2 aliphatic carbocycles. The van der Waals surface area contributed by atoms with Gasteiger partial charge in [-0.3, -0.25) is 0 Å². The molecule has 23 heavy (non-hydrogen) atoms. The summed E-state index contributed by atoms with van der Waals surface area (Å²) >= 11 is 0. The van der Waals surface area contributed by atoms with Crippen LogP contribution in [0.4, 0.5) is 0 Å². The Bertz CT molecular complexity index is 685. The lowest BCUT2D eigenvalue weighted by Gasteiger charge is -2.38. The third-order valence-corrected chi connectivity index (χ3v) is 5.99. The van der Waals surface area contributed by atoms with E-state index in [2.05, 4.69) is 69.4 Å². The maximum absolute atomic E-state index is 6.43. The molecule has 1 aromatic carbocycles. The maximum Gasteiger partial charge on any atom is 0.123 e. The number of fused-ring (bicyclic) bond motifs is 4. The molecule has 3 unspecified atom stereocenters. The van der Waals surface area contributed by atoms with E-state index < -0.39 is 0 Å². The minimum absolute atomic E-state index is 0.208. The van der Waals surface area contributed by atoms with E-state index in [0.29, 0.717) is 23.8 Å². The highest BCUT2D eigenvalue weighted by atomic mass is 16.5. The van der Waals surface area contributed by atoms with E-state index in [0.717, 1.165) is 18.9 Å². The normalized spacial score (nSPS) is 33.9. The maximum atomic E-state index is 6.43. The fourth-order valence-electron chi connectivity index (χ4n) is 4.47. The molecule has 3 aliphatic rings. The molecule has 4 atom stereocenters. The SMILES string of the molecule is Cc1cc(C)c2c(c1)OC[C@H]1C(C=CC1(C)C)CNC1C=CC21. The minimum atomic E-state index is 0.208. The van der Waals surface area contributed by atoms with Crippen molar-refractivity contribution in [1.82, 2.24) is 5.32 Å². The van der Waals surface area contributed by atoms with Gasteiger partial charge in [0.1, 0.15) is 5.75 Å². The van der Waals surface area contributed by atoms with Crippen LogP contribution in [0.5, 0.6) is 5.75 Å². The van der Waals surface area contributed by atoms with Gasteiger partial charge in [0, 0.05) is 30.0 Å². The van der Waals surface area contributed by atoms with Gasteiger partial charge in [-0.15, -0.1) is 0 Å². The van der Waals surface area contributed by atoms with Crippen LogP contribution in [-0.2, 0) is 0 Å². The second kappa shape index (κ2) is 5.24. The van der Waals surface area contributed by atoms with E-state index in [9.17, 15) is 0 Å². The number of nitrogens with one attached hydrogen (secondary N) is 1. The lowest BCUT2D eigenvalue weighted by atomic mass is 9.76. The van der Waals surface area contributed by atoms with Crippen molar-refractivity contribution in [2.75, 3.05) is 13.2 Å². The first-order valence-corrected chi connectivity index (χ1v) is 8.81. The standard InChI is InChI=1S/C21H27NO/c1-13-9-14(2)20-16-5-6-18(16)22-11-15-7-8-21(3,4)17(15)12-23-19(20)10-13/h5-10,15-18,22H,11-12H2,1-4H3/t15?,16?,17-,18?/m0/s1. The van der Waals surface area contributed by atoms with Gasteiger partial charge in [-0.05, 0) is 42.4 Å². The highest BCUT2D eigenvalue weighted by Crippen LogP contribution is 2.44. The van der Waals surface area contributed by atoms with Crippen LogP contribution in [-0.4, -0.2) is 19.2 Å². The number of ether oxygens (including phenoxy) is 1. The molecule has 0 amide bonds. The van der Waals surface area contributed by atoms with Crippen LogP contribution in [0, 0.1) is 31.1 Å². The molecule has 122 valence electrons. The minimum Gasteiger partial charge on any atom is -0.493 e. The van der Waals surface area contributed by atoms with E-state index in [-0.39, 0.29) is 5.41 Å². The third-order valence-electron chi connectivity index (χ3n) is 5.99. The molecular formula is C21H27NO. The van der Waals surface area contributed by atoms with Crippen molar-refractivity contribution in [2.24, 2.45) is 17.3 Å². The number of rotatable bonds is 0. The first-order chi connectivity index (χ1) is 11.0. The van der Waals surface area contributed by atoms with E-state index in [1.54, 1.807) is 0 Å². The summed E-state index contributed by atoms with van der Waals surface area (Å²) in [5, 5.41) is 3.79. The predicted molar refractivity (Wildman–Crippen MR) is 95.0 cm³/mol. The zero-order valence-electron chi connectivity index (χ0n) is 14.6. The number of hydrogen-bond donors (Lipinski definition) is 1. The molecule has 0 saturated heterocycles. The number of allylic oxidation sites excluding steroid dienone is 1. The largest absolute Gasteiger partial charge is 0.493 e. The summed E-state index contributed by atoms with van der Waals surface area (Å²) in [7, 11) is 0. The number of aryl methyl sites for hydroxylation is 2. The molecule has 1 aromatic rings. The van der Waals surface area contributed by atoms with Crippen molar-refractivity contribution in [2.45, 2.75) is 39.7 Å². The smallest absolute Gasteiger partial charge is 0.123 e. The Hall–Kier alpha value is -1.54. The Morgan fingerprint density at radius 3 is 2.70 bits per heavy atom. The van der Waals surface area contributed by atoms with Crippen molar-refractivity contribution in [1.29, 1.82) is 0 Å². The molecule has 0 spiro atoms. The molecular weight excluding hydrogens is 282 g/mol. The topological polar surface area (TPSA) is 21.3 Å². The Morgan fingerprint density at radius 2 is 1.96 bits per heavy atom. The molecule has 2 heteroatoms. The van der Waals surface area contributed by atoms with Gasteiger partial charge < -0.3 is 10.1 Å². The fraction of sp³-hybridized carbons (Fsp3) is 0.524. The third kappa shape index (κ3) is 2.44. The van der Waals surface area contributed by atoms with Crippen LogP contribution >= 0.6 is 0 Å². The monoisotopic (exact) mass is 309 g/mol. The quantitative estimate of drug-likeness (QED) is 0.727. The molecule has 0 fully saturated rings. The molecule has 4 rings (SSSR count). The Labute approximate surface area is 139 Å². The zero-order valence-corrected chi connectivity index (χ0v) is 14.6. The van der Waals surface area contributed by atoms with Crippen LogP contribution in [0.25, 0.3) is 0 Å². The lowest BCUT2D eigenvalue weighted by molar-refractivity contribution is 0.138. The average molecular weight is 309 g/mol. The van der Waals surface area contributed by atoms with Crippen LogP contribution < -0.4 is 10.1 Å². The molecule has 2 nitrogen and oxygen atoms in total. The fourth-order valence-corrected chi connectivity index (χ4v) is 4.47. The summed E-state index contributed by atoms with van der Waals surface area (Å²) in [6.07, 6.45) is 9.38. The van der Waals surface area contributed by atoms with Crippen LogP contribution in [0.2, 0.25) is 0 Å². The predicted octanol–water partition coefficient (Wildman–Crippen LogP) is 4.14. The van der Waals surface area contributed by atoms with Gasteiger partial charge in [-0.25, -0.2) is 0 Å². The zero-order chi connectivity index (χ0) is 16.2. The number of benzene rings is 1. The highest BCUT2D eigenvalue weighted by Gasteiger charge is 2.40. The molecule has 1 aliphatic heterocycles. The summed E-state index contributed by atoms with van der Waals surface area (Å²) in [5.41, 5.74) is 4.21. The average Bonchev–Trinajstić information content (AvgIpc) is 2.73. The van der Waals surface area contributed by atoms with Crippen molar-refractivity contribution < 1.29 is 4.74 Å². The van der Waals surface area contributed by atoms with E-state index in [1.165, 1.54) is 16.7 Å². The van der Waals surface area contributed by atoms with Gasteiger partial charge >= 0.3 is 0 Å². The summed E-state index contributed by atoms with van der Waals surface area (Å²) < 4.78 is 6.43. The van der Waals surface area contributed by atoms with Crippen LogP contribution in [0.1, 0.15) is 36.5 Å². The van der Waals surface area contributed by atoms with Gasteiger partial charge in [0.05, 0.1) is 6.61 Å². The highest BCUT2D eigenvalue weighted by molar-refractivity contribution is 5.50. The summed E-state index contributed by atoms with van der Waals surface area (Å²) in [4.78, 5) is 0. The van der Waals surface area contributed by atoms with Gasteiger partial charge in [0.15, 0.2) is 0 Å². The Kier molecular flexibility index (Phi) is 3.42.